The molecule has 3 aromatic carbocycles. The van der Waals surface area contributed by atoms with E-state index in [-0.39, 0.29) is 0 Å². The Morgan fingerprint density at radius 2 is 1.71 bits per heavy atom. The Morgan fingerprint density at radius 3 is 2.46 bits per heavy atom. The molecule has 1 heterocycles. The number of hydrogen-bond donors (Lipinski definition) is 0. The SMILES string of the molecule is COc1ccc2nc(-c3ccccc3)n(-c3cccc(C)c3)c2c1. The van der Waals surface area contributed by atoms with Crippen molar-refractivity contribution in [2.75, 3.05) is 7.11 Å². The van der Waals surface area contributed by atoms with Crippen molar-refractivity contribution in [1.82, 2.24) is 9.55 Å². The summed E-state index contributed by atoms with van der Waals surface area (Å²) in [4.78, 5) is 4.87. The van der Waals surface area contributed by atoms with E-state index < -0.39 is 0 Å². The van der Waals surface area contributed by atoms with Crippen LogP contribution in [0.1, 0.15) is 5.56 Å². The van der Waals surface area contributed by atoms with E-state index in [1.54, 1.807) is 7.11 Å². The van der Waals surface area contributed by atoms with Gasteiger partial charge in [-0.05, 0) is 36.8 Å². The second-order valence-electron chi connectivity index (χ2n) is 5.83. The summed E-state index contributed by atoms with van der Waals surface area (Å²) in [5, 5.41) is 0. The van der Waals surface area contributed by atoms with Crippen LogP contribution in [0.3, 0.4) is 0 Å². The third-order valence-corrected chi connectivity index (χ3v) is 4.15. The highest BCUT2D eigenvalue weighted by molar-refractivity contribution is 5.84. The molecule has 118 valence electrons. The molecule has 4 aromatic rings. The normalized spacial score (nSPS) is 10.9. The van der Waals surface area contributed by atoms with E-state index in [4.69, 9.17) is 9.72 Å². The van der Waals surface area contributed by atoms with E-state index in [0.29, 0.717) is 0 Å². The summed E-state index contributed by atoms with van der Waals surface area (Å²) >= 11 is 0. The molecule has 0 bridgehead atoms. The lowest BCUT2D eigenvalue weighted by Gasteiger charge is -2.11. The summed E-state index contributed by atoms with van der Waals surface area (Å²) in [6.07, 6.45) is 0. The van der Waals surface area contributed by atoms with Crippen LogP contribution in [-0.4, -0.2) is 16.7 Å². The minimum absolute atomic E-state index is 0.830. The van der Waals surface area contributed by atoms with Gasteiger partial charge in [0.1, 0.15) is 11.6 Å². The van der Waals surface area contributed by atoms with Gasteiger partial charge in [-0.3, -0.25) is 4.57 Å². The van der Waals surface area contributed by atoms with Gasteiger partial charge in [-0.15, -0.1) is 0 Å². The van der Waals surface area contributed by atoms with Crippen LogP contribution >= 0.6 is 0 Å². The Balaban J connectivity index is 2.06. The summed E-state index contributed by atoms with van der Waals surface area (Å²) in [7, 11) is 1.69. The number of hydrogen-bond acceptors (Lipinski definition) is 2. The van der Waals surface area contributed by atoms with E-state index in [2.05, 4.69) is 47.9 Å². The first-order valence-corrected chi connectivity index (χ1v) is 7.95. The number of benzene rings is 3. The molecule has 0 spiro atoms. The van der Waals surface area contributed by atoms with Crippen molar-refractivity contribution in [3.05, 3.63) is 78.4 Å². The number of aryl methyl sites for hydroxylation is 1. The van der Waals surface area contributed by atoms with Crippen LogP contribution in [-0.2, 0) is 0 Å². The number of ether oxygens (including phenoxy) is 1. The Kier molecular flexibility index (Phi) is 3.54. The number of rotatable bonds is 3. The molecule has 0 radical (unpaired) electrons. The van der Waals surface area contributed by atoms with Crippen LogP contribution < -0.4 is 4.74 Å². The fourth-order valence-electron chi connectivity index (χ4n) is 2.99. The molecule has 0 N–H and O–H groups in total. The van der Waals surface area contributed by atoms with Gasteiger partial charge < -0.3 is 4.74 Å². The van der Waals surface area contributed by atoms with Crippen molar-refractivity contribution in [3.8, 4) is 22.8 Å². The predicted octanol–water partition coefficient (Wildman–Crippen LogP) is 5.01. The van der Waals surface area contributed by atoms with Crippen molar-refractivity contribution in [2.24, 2.45) is 0 Å². The van der Waals surface area contributed by atoms with E-state index in [1.807, 2.05) is 36.4 Å². The fraction of sp³-hybridized carbons (Fsp3) is 0.0952. The van der Waals surface area contributed by atoms with Gasteiger partial charge in [0, 0.05) is 17.3 Å². The van der Waals surface area contributed by atoms with Gasteiger partial charge in [-0.25, -0.2) is 4.98 Å². The molecule has 3 heteroatoms. The molecule has 0 aliphatic heterocycles. The molecule has 0 unspecified atom stereocenters. The molecule has 0 amide bonds. The van der Waals surface area contributed by atoms with E-state index in [0.717, 1.165) is 33.9 Å². The molecule has 1 aromatic heterocycles. The Bertz CT molecular complexity index is 1000. The summed E-state index contributed by atoms with van der Waals surface area (Å²) in [6, 6.07) is 24.7. The van der Waals surface area contributed by atoms with Gasteiger partial charge in [-0.2, -0.15) is 0 Å². The Labute approximate surface area is 141 Å². The second kappa shape index (κ2) is 5.85. The first kappa shape index (κ1) is 14.5. The van der Waals surface area contributed by atoms with Crippen LogP contribution in [0.15, 0.2) is 72.8 Å². The molecule has 0 saturated heterocycles. The number of aromatic nitrogens is 2. The van der Waals surface area contributed by atoms with Gasteiger partial charge in [0.05, 0.1) is 18.1 Å². The average molecular weight is 314 g/mol. The predicted molar refractivity (Wildman–Crippen MR) is 97.8 cm³/mol. The van der Waals surface area contributed by atoms with Gasteiger partial charge in [0.2, 0.25) is 0 Å². The highest BCUT2D eigenvalue weighted by Crippen LogP contribution is 2.30. The average Bonchev–Trinajstić information content (AvgIpc) is 3.01. The van der Waals surface area contributed by atoms with Gasteiger partial charge in [0.15, 0.2) is 0 Å². The molecule has 24 heavy (non-hydrogen) atoms. The largest absolute Gasteiger partial charge is 0.497 e. The Morgan fingerprint density at radius 1 is 0.875 bits per heavy atom. The van der Waals surface area contributed by atoms with Crippen LogP contribution in [0.25, 0.3) is 28.1 Å². The Hall–Kier alpha value is -3.07. The third-order valence-electron chi connectivity index (χ3n) is 4.15. The van der Waals surface area contributed by atoms with Crippen molar-refractivity contribution in [2.45, 2.75) is 6.92 Å². The number of methoxy groups -OCH3 is 1. The number of fused-ring (bicyclic) bond motifs is 1. The van der Waals surface area contributed by atoms with E-state index in [1.165, 1.54) is 5.56 Å². The van der Waals surface area contributed by atoms with Crippen molar-refractivity contribution in [1.29, 1.82) is 0 Å². The molecule has 0 aliphatic rings. The second-order valence-corrected chi connectivity index (χ2v) is 5.83. The topological polar surface area (TPSA) is 27.1 Å². The van der Waals surface area contributed by atoms with Gasteiger partial charge in [-0.1, -0.05) is 42.5 Å². The van der Waals surface area contributed by atoms with Gasteiger partial charge in [0.25, 0.3) is 0 Å². The summed E-state index contributed by atoms with van der Waals surface area (Å²) < 4.78 is 7.61. The molecular weight excluding hydrogens is 296 g/mol. The zero-order valence-corrected chi connectivity index (χ0v) is 13.7. The van der Waals surface area contributed by atoms with Gasteiger partial charge >= 0.3 is 0 Å². The third kappa shape index (κ3) is 2.44. The molecule has 3 nitrogen and oxygen atoms in total. The molecule has 4 rings (SSSR count). The zero-order valence-electron chi connectivity index (χ0n) is 13.7. The summed E-state index contributed by atoms with van der Waals surface area (Å²) in [5.74, 6) is 1.76. The zero-order chi connectivity index (χ0) is 16.5. The van der Waals surface area contributed by atoms with Crippen molar-refractivity contribution < 1.29 is 4.74 Å². The molecule has 0 aliphatic carbocycles. The quantitative estimate of drug-likeness (QED) is 0.531. The highest BCUT2D eigenvalue weighted by Gasteiger charge is 2.15. The molecule has 0 fully saturated rings. The lowest BCUT2D eigenvalue weighted by molar-refractivity contribution is 0.415. The highest BCUT2D eigenvalue weighted by atomic mass is 16.5. The van der Waals surface area contributed by atoms with Crippen molar-refractivity contribution >= 4 is 11.0 Å². The number of nitrogens with zero attached hydrogens (tertiary/aromatic N) is 2. The van der Waals surface area contributed by atoms with Crippen LogP contribution in [0.2, 0.25) is 0 Å². The maximum atomic E-state index is 5.41. The fourth-order valence-corrected chi connectivity index (χ4v) is 2.99. The summed E-state index contributed by atoms with van der Waals surface area (Å²) in [5.41, 5.74) is 5.41. The van der Waals surface area contributed by atoms with E-state index in [9.17, 15) is 0 Å². The van der Waals surface area contributed by atoms with Crippen LogP contribution in [0, 0.1) is 6.92 Å². The summed E-state index contributed by atoms with van der Waals surface area (Å²) in [6.45, 7) is 2.10. The lowest BCUT2D eigenvalue weighted by atomic mass is 10.2. The first-order chi connectivity index (χ1) is 11.8. The maximum Gasteiger partial charge on any atom is 0.145 e. The minimum atomic E-state index is 0.830. The smallest absolute Gasteiger partial charge is 0.145 e. The number of imidazole rings is 1. The molecule has 0 atom stereocenters. The lowest BCUT2D eigenvalue weighted by Crippen LogP contribution is -1.98. The minimum Gasteiger partial charge on any atom is -0.497 e. The maximum absolute atomic E-state index is 5.41. The molecular formula is C21H18N2O. The molecule has 0 saturated carbocycles. The van der Waals surface area contributed by atoms with E-state index >= 15 is 0 Å². The van der Waals surface area contributed by atoms with Crippen molar-refractivity contribution in [3.63, 3.8) is 0 Å². The monoisotopic (exact) mass is 314 g/mol. The standard InChI is InChI=1S/C21H18N2O/c1-15-7-6-10-17(13-15)23-20-14-18(24-2)11-12-19(20)22-21(23)16-8-4-3-5-9-16/h3-14H,1-2H3. The van der Waals surface area contributed by atoms with Crippen LogP contribution in [0.5, 0.6) is 5.75 Å². The first-order valence-electron chi connectivity index (χ1n) is 7.95. The van der Waals surface area contributed by atoms with Crippen LogP contribution in [0.4, 0.5) is 0 Å².